The van der Waals surface area contributed by atoms with Crippen LogP contribution < -0.4 is 0 Å². The van der Waals surface area contributed by atoms with Crippen LogP contribution in [0.1, 0.15) is 5.56 Å². The second kappa shape index (κ2) is 4.78. The van der Waals surface area contributed by atoms with E-state index in [1.807, 2.05) is 48.5 Å². The molecule has 3 aromatic rings. The van der Waals surface area contributed by atoms with Gasteiger partial charge in [-0.3, -0.25) is 10.1 Å². The Kier molecular flexibility index (Phi) is 2.95. The maximum Gasteiger partial charge on any atom is 0.272 e. The fourth-order valence-electron chi connectivity index (χ4n) is 2.45. The minimum absolute atomic E-state index is 0.162. The molecule has 0 heterocycles. The van der Waals surface area contributed by atoms with Crippen molar-refractivity contribution in [1.29, 1.82) is 0 Å². The summed E-state index contributed by atoms with van der Waals surface area (Å²) in [5.41, 5.74) is 2.74. The zero-order chi connectivity index (χ0) is 14.1. The first kappa shape index (κ1) is 12.4. The van der Waals surface area contributed by atoms with Gasteiger partial charge in [0.25, 0.3) is 5.69 Å². The summed E-state index contributed by atoms with van der Waals surface area (Å²) in [4.78, 5) is 10.7. The van der Waals surface area contributed by atoms with Gasteiger partial charge >= 0.3 is 0 Å². The monoisotopic (exact) mass is 263 g/mol. The Morgan fingerprint density at radius 3 is 2.50 bits per heavy atom. The molecule has 0 aromatic heterocycles. The van der Waals surface area contributed by atoms with Crippen LogP contribution in [0, 0.1) is 17.0 Å². The third-order valence-corrected chi connectivity index (χ3v) is 3.51. The van der Waals surface area contributed by atoms with E-state index in [9.17, 15) is 10.1 Å². The standard InChI is InChI=1S/C17H13NO2/c1-12-9-10-14(11-17(12)18(19)20)16-8-4-6-13-5-2-3-7-15(13)16/h2-11H,1H3. The van der Waals surface area contributed by atoms with Crippen LogP contribution in [0.2, 0.25) is 0 Å². The zero-order valence-electron chi connectivity index (χ0n) is 11.0. The summed E-state index contributed by atoms with van der Waals surface area (Å²) in [5, 5.41) is 13.3. The van der Waals surface area contributed by atoms with E-state index in [1.54, 1.807) is 19.1 Å². The minimum atomic E-state index is -0.329. The van der Waals surface area contributed by atoms with Crippen molar-refractivity contribution in [2.75, 3.05) is 0 Å². The smallest absolute Gasteiger partial charge is 0.258 e. The van der Waals surface area contributed by atoms with Crippen LogP contribution in [0.25, 0.3) is 21.9 Å². The third kappa shape index (κ3) is 2.03. The van der Waals surface area contributed by atoms with Crippen LogP contribution in [0.15, 0.2) is 60.7 Å². The van der Waals surface area contributed by atoms with Gasteiger partial charge in [0, 0.05) is 11.6 Å². The molecule has 0 fully saturated rings. The number of hydrogen-bond acceptors (Lipinski definition) is 2. The first-order valence-corrected chi connectivity index (χ1v) is 6.40. The van der Waals surface area contributed by atoms with Crippen molar-refractivity contribution in [2.45, 2.75) is 6.92 Å². The summed E-state index contributed by atoms with van der Waals surface area (Å²) >= 11 is 0. The lowest BCUT2D eigenvalue weighted by Gasteiger charge is -2.07. The molecule has 98 valence electrons. The van der Waals surface area contributed by atoms with E-state index in [0.29, 0.717) is 5.56 Å². The van der Waals surface area contributed by atoms with Crippen molar-refractivity contribution in [3.8, 4) is 11.1 Å². The summed E-state index contributed by atoms with van der Waals surface area (Å²) in [7, 11) is 0. The highest BCUT2D eigenvalue weighted by atomic mass is 16.6. The normalized spacial score (nSPS) is 10.7. The Balaban J connectivity index is 2.26. The highest BCUT2D eigenvalue weighted by Gasteiger charge is 2.12. The molecule has 0 unspecified atom stereocenters. The van der Waals surface area contributed by atoms with Crippen LogP contribution in [0.4, 0.5) is 5.69 Å². The molecule has 3 heteroatoms. The fourth-order valence-corrected chi connectivity index (χ4v) is 2.45. The van der Waals surface area contributed by atoms with Gasteiger partial charge in [-0.05, 0) is 28.8 Å². The second-order valence-electron chi connectivity index (χ2n) is 4.79. The molecule has 3 nitrogen and oxygen atoms in total. The van der Waals surface area contributed by atoms with Gasteiger partial charge in [-0.2, -0.15) is 0 Å². The SMILES string of the molecule is Cc1ccc(-c2cccc3ccccc23)cc1[N+](=O)[O-]. The van der Waals surface area contributed by atoms with Crippen molar-refractivity contribution < 1.29 is 4.92 Å². The molecule has 0 saturated carbocycles. The van der Waals surface area contributed by atoms with Crippen molar-refractivity contribution >= 4 is 16.5 Å². The van der Waals surface area contributed by atoms with Gasteiger partial charge < -0.3 is 0 Å². The summed E-state index contributed by atoms with van der Waals surface area (Å²) in [6.07, 6.45) is 0. The molecular weight excluding hydrogens is 250 g/mol. The molecule has 3 aromatic carbocycles. The summed E-state index contributed by atoms with van der Waals surface area (Å²) < 4.78 is 0. The zero-order valence-corrected chi connectivity index (χ0v) is 11.0. The van der Waals surface area contributed by atoms with Gasteiger partial charge in [0.1, 0.15) is 0 Å². The largest absolute Gasteiger partial charge is 0.272 e. The molecule has 0 N–H and O–H groups in total. The van der Waals surface area contributed by atoms with Crippen LogP contribution in [0.3, 0.4) is 0 Å². The Labute approximate surface area is 116 Å². The molecule has 0 bridgehead atoms. The predicted molar refractivity (Wildman–Crippen MR) is 80.8 cm³/mol. The highest BCUT2D eigenvalue weighted by molar-refractivity contribution is 5.96. The first-order chi connectivity index (χ1) is 9.66. The molecule has 20 heavy (non-hydrogen) atoms. The van der Waals surface area contributed by atoms with E-state index in [4.69, 9.17) is 0 Å². The van der Waals surface area contributed by atoms with Crippen molar-refractivity contribution in [3.63, 3.8) is 0 Å². The summed E-state index contributed by atoms with van der Waals surface area (Å²) in [6, 6.07) is 19.5. The van der Waals surface area contributed by atoms with Crippen LogP contribution >= 0.6 is 0 Å². The molecule has 0 aliphatic carbocycles. The molecule has 0 radical (unpaired) electrons. The van der Waals surface area contributed by atoms with Crippen molar-refractivity contribution in [2.24, 2.45) is 0 Å². The molecule has 0 saturated heterocycles. The molecule has 0 aliphatic heterocycles. The Bertz CT molecular complexity index is 804. The van der Waals surface area contributed by atoms with E-state index in [1.165, 1.54) is 0 Å². The van der Waals surface area contributed by atoms with Gasteiger partial charge in [0.2, 0.25) is 0 Å². The molecule has 0 aliphatic rings. The maximum atomic E-state index is 11.1. The predicted octanol–water partition coefficient (Wildman–Crippen LogP) is 4.72. The second-order valence-corrected chi connectivity index (χ2v) is 4.79. The molecular formula is C17H13NO2. The number of nitro benzene ring substituents is 1. The van der Waals surface area contributed by atoms with Gasteiger partial charge in [0.15, 0.2) is 0 Å². The van der Waals surface area contributed by atoms with E-state index in [-0.39, 0.29) is 10.6 Å². The van der Waals surface area contributed by atoms with E-state index < -0.39 is 0 Å². The average molecular weight is 263 g/mol. The number of aryl methyl sites for hydroxylation is 1. The van der Waals surface area contributed by atoms with E-state index in [0.717, 1.165) is 21.9 Å². The third-order valence-electron chi connectivity index (χ3n) is 3.51. The Morgan fingerprint density at radius 1 is 0.950 bits per heavy atom. The summed E-state index contributed by atoms with van der Waals surface area (Å²) in [6.45, 7) is 1.75. The Hall–Kier alpha value is -2.68. The number of fused-ring (bicyclic) bond motifs is 1. The molecule has 0 spiro atoms. The number of nitrogens with zero attached hydrogens (tertiary/aromatic N) is 1. The number of rotatable bonds is 2. The molecule has 0 atom stereocenters. The van der Waals surface area contributed by atoms with Gasteiger partial charge in [-0.15, -0.1) is 0 Å². The topological polar surface area (TPSA) is 43.1 Å². The van der Waals surface area contributed by atoms with E-state index in [2.05, 4.69) is 0 Å². The van der Waals surface area contributed by atoms with Crippen molar-refractivity contribution in [1.82, 2.24) is 0 Å². The number of benzene rings is 3. The van der Waals surface area contributed by atoms with Gasteiger partial charge in [-0.1, -0.05) is 54.6 Å². The number of nitro groups is 1. The van der Waals surface area contributed by atoms with E-state index >= 15 is 0 Å². The van der Waals surface area contributed by atoms with Crippen LogP contribution in [-0.4, -0.2) is 4.92 Å². The lowest BCUT2D eigenvalue weighted by Crippen LogP contribution is -1.92. The lowest BCUT2D eigenvalue weighted by molar-refractivity contribution is -0.385. The maximum absolute atomic E-state index is 11.1. The molecule has 3 rings (SSSR count). The highest BCUT2D eigenvalue weighted by Crippen LogP contribution is 2.31. The average Bonchev–Trinajstić information content (AvgIpc) is 2.47. The summed E-state index contributed by atoms with van der Waals surface area (Å²) in [5.74, 6) is 0. The van der Waals surface area contributed by atoms with Crippen LogP contribution in [-0.2, 0) is 0 Å². The first-order valence-electron chi connectivity index (χ1n) is 6.40. The lowest BCUT2D eigenvalue weighted by atomic mass is 9.97. The Morgan fingerprint density at radius 2 is 1.70 bits per heavy atom. The number of hydrogen-bond donors (Lipinski definition) is 0. The van der Waals surface area contributed by atoms with Crippen molar-refractivity contribution in [3.05, 3.63) is 76.3 Å². The quantitative estimate of drug-likeness (QED) is 0.495. The van der Waals surface area contributed by atoms with Gasteiger partial charge in [-0.25, -0.2) is 0 Å². The minimum Gasteiger partial charge on any atom is -0.258 e. The fraction of sp³-hybridized carbons (Fsp3) is 0.0588. The van der Waals surface area contributed by atoms with Crippen LogP contribution in [0.5, 0.6) is 0 Å². The molecule has 0 amide bonds. The van der Waals surface area contributed by atoms with Gasteiger partial charge in [0.05, 0.1) is 4.92 Å².